The van der Waals surface area contributed by atoms with Gasteiger partial charge in [-0.2, -0.15) is 0 Å². The maximum Gasteiger partial charge on any atom is 0.315 e. The third kappa shape index (κ3) is 5.13. The van der Waals surface area contributed by atoms with E-state index in [1.165, 1.54) is 25.7 Å². The van der Waals surface area contributed by atoms with Crippen molar-refractivity contribution < 1.29 is 14.6 Å². The topological polar surface area (TPSA) is 70.6 Å². The lowest BCUT2D eigenvalue weighted by atomic mass is 9.83. The van der Waals surface area contributed by atoms with Crippen LogP contribution in [0.25, 0.3) is 0 Å². The third-order valence-corrected chi connectivity index (χ3v) is 4.80. The van der Waals surface area contributed by atoms with E-state index in [0.717, 1.165) is 18.5 Å². The van der Waals surface area contributed by atoms with E-state index in [1.807, 2.05) is 24.3 Å². The molecule has 0 unspecified atom stereocenters. The maximum atomic E-state index is 12.1. The SMILES string of the molecule is CCC1(CNC(=O)NCc2ccccc2OCCO)CCCC1. The Hall–Kier alpha value is -1.75. The average Bonchev–Trinajstić information content (AvgIpc) is 3.06. The van der Waals surface area contributed by atoms with Crippen molar-refractivity contribution in [1.82, 2.24) is 10.6 Å². The Bertz CT molecular complexity index is 499. The van der Waals surface area contributed by atoms with Gasteiger partial charge in [-0.3, -0.25) is 0 Å². The van der Waals surface area contributed by atoms with Gasteiger partial charge in [0.05, 0.1) is 6.61 Å². The van der Waals surface area contributed by atoms with Gasteiger partial charge < -0.3 is 20.5 Å². The molecule has 1 aromatic rings. The van der Waals surface area contributed by atoms with Crippen LogP contribution >= 0.6 is 0 Å². The summed E-state index contributed by atoms with van der Waals surface area (Å²) in [4.78, 5) is 12.1. The van der Waals surface area contributed by atoms with E-state index < -0.39 is 0 Å². The molecular formula is C18H28N2O3. The molecule has 1 fully saturated rings. The molecule has 1 aliphatic carbocycles. The Morgan fingerprint density at radius 2 is 2.00 bits per heavy atom. The van der Waals surface area contributed by atoms with Gasteiger partial charge in [-0.05, 0) is 30.7 Å². The average molecular weight is 320 g/mol. The van der Waals surface area contributed by atoms with Gasteiger partial charge in [0.1, 0.15) is 12.4 Å². The molecule has 0 aliphatic heterocycles. The maximum absolute atomic E-state index is 12.1. The first-order valence-corrected chi connectivity index (χ1v) is 8.52. The fourth-order valence-corrected chi connectivity index (χ4v) is 3.23. The lowest BCUT2D eigenvalue weighted by molar-refractivity contribution is 0.200. The first kappa shape index (κ1) is 17.6. The fourth-order valence-electron chi connectivity index (χ4n) is 3.23. The molecular weight excluding hydrogens is 292 g/mol. The van der Waals surface area contributed by atoms with E-state index in [4.69, 9.17) is 9.84 Å². The highest BCUT2D eigenvalue weighted by molar-refractivity contribution is 5.74. The third-order valence-electron chi connectivity index (χ3n) is 4.80. The Morgan fingerprint density at radius 1 is 1.26 bits per heavy atom. The number of ether oxygens (including phenoxy) is 1. The molecule has 1 saturated carbocycles. The summed E-state index contributed by atoms with van der Waals surface area (Å²) in [6, 6.07) is 7.40. The second-order valence-corrected chi connectivity index (χ2v) is 6.28. The molecule has 0 spiro atoms. The Labute approximate surface area is 138 Å². The number of nitrogens with one attached hydrogen (secondary N) is 2. The molecule has 0 radical (unpaired) electrons. The molecule has 0 bridgehead atoms. The number of benzene rings is 1. The molecule has 128 valence electrons. The molecule has 5 heteroatoms. The summed E-state index contributed by atoms with van der Waals surface area (Å²) in [6.07, 6.45) is 6.08. The number of urea groups is 1. The number of rotatable bonds is 8. The number of aliphatic hydroxyl groups excluding tert-OH is 1. The summed E-state index contributed by atoms with van der Waals surface area (Å²) in [5.41, 5.74) is 1.20. The monoisotopic (exact) mass is 320 g/mol. The normalized spacial score (nSPS) is 16.1. The van der Waals surface area contributed by atoms with Gasteiger partial charge >= 0.3 is 6.03 Å². The summed E-state index contributed by atoms with van der Waals surface area (Å²) < 4.78 is 5.47. The number of carbonyl (C=O) groups is 1. The second-order valence-electron chi connectivity index (χ2n) is 6.28. The molecule has 0 aromatic heterocycles. The molecule has 5 nitrogen and oxygen atoms in total. The van der Waals surface area contributed by atoms with Gasteiger partial charge in [0.25, 0.3) is 0 Å². The number of hydrogen-bond acceptors (Lipinski definition) is 3. The van der Waals surface area contributed by atoms with Crippen LogP contribution in [0.1, 0.15) is 44.6 Å². The summed E-state index contributed by atoms with van der Waals surface area (Å²) in [7, 11) is 0. The zero-order valence-electron chi connectivity index (χ0n) is 13.9. The Morgan fingerprint density at radius 3 is 2.70 bits per heavy atom. The van der Waals surface area contributed by atoms with Crippen molar-refractivity contribution in [2.24, 2.45) is 5.41 Å². The van der Waals surface area contributed by atoms with Crippen LogP contribution in [-0.2, 0) is 6.54 Å². The number of hydrogen-bond donors (Lipinski definition) is 3. The largest absolute Gasteiger partial charge is 0.491 e. The van der Waals surface area contributed by atoms with Crippen LogP contribution in [-0.4, -0.2) is 30.9 Å². The molecule has 2 rings (SSSR count). The minimum absolute atomic E-state index is 0.0264. The van der Waals surface area contributed by atoms with E-state index >= 15 is 0 Å². The van der Waals surface area contributed by atoms with E-state index in [0.29, 0.717) is 17.7 Å². The van der Waals surface area contributed by atoms with Crippen LogP contribution in [0.15, 0.2) is 24.3 Å². The highest BCUT2D eigenvalue weighted by atomic mass is 16.5. The van der Waals surface area contributed by atoms with Crippen molar-refractivity contribution >= 4 is 6.03 Å². The number of amides is 2. The lowest BCUT2D eigenvalue weighted by Gasteiger charge is -2.27. The van der Waals surface area contributed by atoms with Gasteiger partial charge in [-0.15, -0.1) is 0 Å². The highest BCUT2D eigenvalue weighted by Gasteiger charge is 2.32. The summed E-state index contributed by atoms with van der Waals surface area (Å²) in [6.45, 7) is 3.59. The first-order valence-electron chi connectivity index (χ1n) is 8.52. The van der Waals surface area contributed by atoms with Crippen LogP contribution in [0, 0.1) is 5.41 Å². The van der Waals surface area contributed by atoms with Crippen molar-refractivity contribution in [3.63, 3.8) is 0 Å². The minimum Gasteiger partial charge on any atom is -0.491 e. The highest BCUT2D eigenvalue weighted by Crippen LogP contribution is 2.40. The molecule has 0 saturated heterocycles. The molecule has 2 amide bonds. The van der Waals surface area contributed by atoms with E-state index in [9.17, 15) is 4.79 Å². The van der Waals surface area contributed by atoms with Crippen LogP contribution in [0.2, 0.25) is 0 Å². The number of carbonyl (C=O) groups excluding carboxylic acids is 1. The van der Waals surface area contributed by atoms with Crippen LogP contribution in [0.5, 0.6) is 5.75 Å². The quantitative estimate of drug-likeness (QED) is 0.690. The number of para-hydroxylation sites is 1. The Kier molecular flexibility index (Phi) is 6.71. The van der Waals surface area contributed by atoms with Crippen molar-refractivity contribution in [1.29, 1.82) is 0 Å². The van der Waals surface area contributed by atoms with Crippen LogP contribution in [0.4, 0.5) is 4.79 Å². The van der Waals surface area contributed by atoms with Gasteiger partial charge in [0.15, 0.2) is 0 Å². The van der Waals surface area contributed by atoms with E-state index in [2.05, 4.69) is 17.6 Å². The zero-order valence-corrected chi connectivity index (χ0v) is 13.9. The molecule has 1 aromatic carbocycles. The van der Waals surface area contributed by atoms with Crippen molar-refractivity contribution in [3.05, 3.63) is 29.8 Å². The summed E-state index contributed by atoms with van der Waals surface area (Å²) >= 11 is 0. The van der Waals surface area contributed by atoms with Crippen molar-refractivity contribution in [3.8, 4) is 5.75 Å². The van der Waals surface area contributed by atoms with Crippen LogP contribution in [0.3, 0.4) is 0 Å². The lowest BCUT2D eigenvalue weighted by Crippen LogP contribution is -2.41. The van der Waals surface area contributed by atoms with Crippen molar-refractivity contribution in [2.75, 3.05) is 19.8 Å². The van der Waals surface area contributed by atoms with E-state index in [1.54, 1.807) is 0 Å². The molecule has 0 atom stereocenters. The van der Waals surface area contributed by atoms with Crippen LogP contribution < -0.4 is 15.4 Å². The van der Waals surface area contributed by atoms with Crippen molar-refractivity contribution in [2.45, 2.75) is 45.6 Å². The predicted octanol–water partition coefficient (Wildman–Crippen LogP) is 2.83. The van der Waals surface area contributed by atoms with Gasteiger partial charge in [0, 0.05) is 18.7 Å². The number of aliphatic hydroxyl groups is 1. The molecule has 0 heterocycles. The molecule has 23 heavy (non-hydrogen) atoms. The summed E-state index contributed by atoms with van der Waals surface area (Å²) in [5.74, 6) is 0.697. The fraction of sp³-hybridized carbons (Fsp3) is 0.611. The Balaban J connectivity index is 1.80. The van der Waals surface area contributed by atoms with Gasteiger partial charge in [-0.25, -0.2) is 4.79 Å². The zero-order chi connectivity index (χ0) is 16.5. The van der Waals surface area contributed by atoms with Gasteiger partial charge in [0.2, 0.25) is 0 Å². The minimum atomic E-state index is -0.137. The van der Waals surface area contributed by atoms with Gasteiger partial charge in [-0.1, -0.05) is 38.0 Å². The molecule has 3 N–H and O–H groups in total. The second kappa shape index (κ2) is 8.77. The summed E-state index contributed by atoms with van der Waals surface area (Å²) in [5, 5.41) is 14.8. The first-order chi connectivity index (χ1) is 11.2. The standard InChI is InChI=1S/C18H28N2O3/c1-2-18(9-5-6-10-18)14-20-17(22)19-13-15-7-3-4-8-16(15)23-12-11-21/h3-4,7-8,21H,2,5-6,9-14H2,1H3,(H2,19,20,22). The molecule has 1 aliphatic rings. The predicted molar refractivity (Wildman–Crippen MR) is 90.5 cm³/mol. The smallest absolute Gasteiger partial charge is 0.315 e. The van der Waals surface area contributed by atoms with E-state index in [-0.39, 0.29) is 19.2 Å².